The lowest BCUT2D eigenvalue weighted by molar-refractivity contribution is 0.102. The lowest BCUT2D eigenvalue weighted by Gasteiger charge is -2.07. The Kier molecular flexibility index (Phi) is 4.24. The Labute approximate surface area is 135 Å². The number of nitrogens with zero attached hydrogens (tertiary/aromatic N) is 1. The summed E-state index contributed by atoms with van der Waals surface area (Å²) < 4.78 is 5.11. The van der Waals surface area contributed by atoms with Gasteiger partial charge in [0.05, 0.1) is 5.69 Å². The van der Waals surface area contributed by atoms with Crippen molar-refractivity contribution in [2.75, 3.05) is 5.32 Å². The Bertz CT molecular complexity index is 805. The van der Waals surface area contributed by atoms with Crippen LogP contribution in [0.5, 0.6) is 0 Å². The lowest BCUT2D eigenvalue weighted by Crippen LogP contribution is -2.14. The van der Waals surface area contributed by atoms with Gasteiger partial charge in [0.25, 0.3) is 5.91 Å². The molecule has 0 saturated carbocycles. The molecular formula is C19H18N2O2. The molecule has 0 aliphatic carbocycles. The third kappa shape index (κ3) is 3.16. The molecule has 0 unspecified atom stereocenters. The molecular weight excluding hydrogens is 288 g/mol. The van der Waals surface area contributed by atoms with Crippen LogP contribution in [-0.2, 0) is 6.42 Å². The van der Waals surface area contributed by atoms with Gasteiger partial charge < -0.3 is 9.84 Å². The molecule has 23 heavy (non-hydrogen) atoms. The number of hydrogen-bond donors (Lipinski definition) is 1. The van der Waals surface area contributed by atoms with Gasteiger partial charge in [0, 0.05) is 5.69 Å². The summed E-state index contributed by atoms with van der Waals surface area (Å²) in [7, 11) is 0. The molecule has 1 aromatic heterocycles. The van der Waals surface area contributed by atoms with Crippen LogP contribution in [0.1, 0.15) is 28.7 Å². The van der Waals surface area contributed by atoms with Crippen LogP contribution in [-0.4, -0.2) is 11.1 Å². The lowest BCUT2D eigenvalue weighted by atomic mass is 10.1. The van der Waals surface area contributed by atoms with Crippen molar-refractivity contribution in [3.05, 3.63) is 71.6 Å². The van der Waals surface area contributed by atoms with E-state index >= 15 is 0 Å². The molecule has 0 aliphatic heterocycles. The SMILES string of the molecule is CCc1noc(C)c1C(=O)Nc1ccc(-c2ccccc2)cc1. The van der Waals surface area contributed by atoms with Gasteiger partial charge in [-0.3, -0.25) is 4.79 Å². The van der Waals surface area contributed by atoms with Gasteiger partial charge >= 0.3 is 0 Å². The first-order valence-electron chi connectivity index (χ1n) is 7.61. The second-order valence-electron chi connectivity index (χ2n) is 5.31. The molecule has 0 spiro atoms. The van der Waals surface area contributed by atoms with Crippen molar-refractivity contribution in [2.24, 2.45) is 0 Å². The molecule has 0 fully saturated rings. The minimum Gasteiger partial charge on any atom is -0.361 e. The van der Waals surface area contributed by atoms with Gasteiger partial charge in [0.1, 0.15) is 11.3 Å². The summed E-state index contributed by atoms with van der Waals surface area (Å²) in [4.78, 5) is 12.4. The molecule has 1 amide bonds. The molecule has 3 rings (SSSR count). The second-order valence-corrected chi connectivity index (χ2v) is 5.31. The minimum absolute atomic E-state index is 0.187. The Morgan fingerprint density at radius 1 is 1.04 bits per heavy atom. The summed E-state index contributed by atoms with van der Waals surface area (Å²) in [6.45, 7) is 3.70. The zero-order valence-corrected chi connectivity index (χ0v) is 13.2. The summed E-state index contributed by atoms with van der Waals surface area (Å²) in [5.41, 5.74) is 4.21. The minimum atomic E-state index is -0.187. The number of amides is 1. The number of nitrogens with one attached hydrogen (secondary N) is 1. The Hall–Kier alpha value is -2.88. The number of aromatic nitrogens is 1. The summed E-state index contributed by atoms with van der Waals surface area (Å²) in [6, 6.07) is 17.9. The van der Waals surface area contributed by atoms with E-state index in [1.54, 1.807) is 6.92 Å². The van der Waals surface area contributed by atoms with E-state index in [2.05, 4.69) is 22.6 Å². The van der Waals surface area contributed by atoms with Crippen LogP contribution in [0.2, 0.25) is 0 Å². The summed E-state index contributed by atoms with van der Waals surface area (Å²) in [5.74, 6) is 0.355. The van der Waals surface area contributed by atoms with Crippen molar-refractivity contribution < 1.29 is 9.32 Å². The fourth-order valence-corrected chi connectivity index (χ4v) is 2.52. The van der Waals surface area contributed by atoms with Crippen LogP contribution in [0.4, 0.5) is 5.69 Å². The molecule has 0 saturated heterocycles. The molecule has 3 aromatic rings. The van der Waals surface area contributed by atoms with E-state index in [1.807, 2.05) is 49.4 Å². The van der Waals surface area contributed by atoms with Gasteiger partial charge in [0.2, 0.25) is 0 Å². The quantitative estimate of drug-likeness (QED) is 0.774. The molecule has 2 aromatic carbocycles. The fraction of sp³-hybridized carbons (Fsp3) is 0.158. The zero-order valence-electron chi connectivity index (χ0n) is 13.2. The van der Waals surface area contributed by atoms with Crippen molar-refractivity contribution in [3.8, 4) is 11.1 Å². The third-order valence-corrected chi connectivity index (χ3v) is 3.75. The Morgan fingerprint density at radius 2 is 1.70 bits per heavy atom. The summed E-state index contributed by atoms with van der Waals surface area (Å²) in [6.07, 6.45) is 0.660. The van der Waals surface area contributed by atoms with Gasteiger partial charge in [-0.25, -0.2) is 0 Å². The first kappa shape index (κ1) is 15.0. The topological polar surface area (TPSA) is 55.1 Å². The molecule has 1 N–H and O–H groups in total. The van der Waals surface area contributed by atoms with Crippen LogP contribution in [0.15, 0.2) is 59.1 Å². The highest BCUT2D eigenvalue weighted by Crippen LogP contribution is 2.22. The van der Waals surface area contributed by atoms with Crippen molar-refractivity contribution >= 4 is 11.6 Å². The smallest absolute Gasteiger partial charge is 0.261 e. The van der Waals surface area contributed by atoms with Crippen molar-refractivity contribution in [1.82, 2.24) is 5.16 Å². The first-order chi connectivity index (χ1) is 11.2. The zero-order chi connectivity index (χ0) is 16.2. The number of carbonyl (C=O) groups excluding carboxylic acids is 1. The fourth-order valence-electron chi connectivity index (χ4n) is 2.52. The van der Waals surface area contributed by atoms with Crippen molar-refractivity contribution in [3.63, 3.8) is 0 Å². The molecule has 4 nitrogen and oxygen atoms in total. The van der Waals surface area contributed by atoms with E-state index in [9.17, 15) is 4.79 Å². The maximum atomic E-state index is 12.4. The van der Waals surface area contributed by atoms with Gasteiger partial charge in [0.15, 0.2) is 0 Å². The van der Waals surface area contributed by atoms with Crippen LogP contribution < -0.4 is 5.32 Å². The Morgan fingerprint density at radius 3 is 2.35 bits per heavy atom. The van der Waals surface area contributed by atoms with Gasteiger partial charge in [-0.05, 0) is 36.6 Å². The number of hydrogen-bond acceptors (Lipinski definition) is 3. The molecule has 4 heteroatoms. The highest BCUT2D eigenvalue weighted by molar-refractivity contribution is 6.05. The highest BCUT2D eigenvalue weighted by Gasteiger charge is 2.19. The van der Waals surface area contributed by atoms with Gasteiger partial charge in [-0.15, -0.1) is 0 Å². The molecule has 0 atom stereocenters. The van der Waals surface area contributed by atoms with Crippen molar-refractivity contribution in [2.45, 2.75) is 20.3 Å². The van der Waals surface area contributed by atoms with E-state index in [-0.39, 0.29) is 5.91 Å². The van der Waals surface area contributed by atoms with E-state index in [1.165, 1.54) is 0 Å². The maximum absolute atomic E-state index is 12.4. The van der Waals surface area contributed by atoms with Crippen LogP contribution in [0.3, 0.4) is 0 Å². The molecule has 0 aliphatic rings. The van der Waals surface area contributed by atoms with E-state index < -0.39 is 0 Å². The van der Waals surface area contributed by atoms with E-state index in [0.717, 1.165) is 16.8 Å². The van der Waals surface area contributed by atoms with Crippen LogP contribution in [0.25, 0.3) is 11.1 Å². The standard InChI is InChI=1S/C19H18N2O2/c1-3-17-18(13(2)23-21-17)19(22)20-16-11-9-15(10-12-16)14-7-5-4-6-8-14/h4-12H,3H2,1-2H3,(H,20,22). The number of carbonyl (C=O) groups is 1. The van der Waals surface area contributed by atoms with E-state index in [4.69, 9.17) is 4.52 Å². The number of rotatable bonds is 4. The average Bonchev–Trinajstić information content (AvgIpc) is 2.97. The third-order valence-electron chi connectivity index (χ3n) is 3.75. The van der Waals surface area contributed by atoms with Crippen molar-refractivity contribution in [1.29, 1.82) is 0 Å². The summed E-state index contributed by atoms with van der Waals surface area (Å²) in [5, 5.41) is 6.81. The molecule has 0 bridgehead atoms. The molecule has 1 heterocycles. The molecule has 0 radical (unpaired) electrons. The molecule has 116 valence electrons. The van der Waals surface area contributed by atoms with Crippen LogP contribution in [0, 0.1) is 6.92 Å². The van der Waals surface area contributed by atoms with E-state index in [0.29, 0.717) is 23.4 Å². The predicted molar refractivity (Wildman–Crippen MR) is 90.4 cm³/mol. The predicted octanol–water partition coefficient (Wildman–Crippen LogP) is 4.46. The largest absolute Gasteiger partial charge is 0.361 e. The van der Waals surface area contributed by atoms with Gasteiger partial charge in [-0.1, -0.05) is 54.5 Å². The second kappa shape index (κ2) is 6.48. The van der Waals surface area contributed by atoms with Gasteiger partial charge in [-0.2, -0.15) is 0 Å². The number of anilines is 1. The van der Waals surface area contributed by atoms with Crippen LogP contribution >= 0.6 is 0 Å². The number of aryl methyl sites for hydroxylation is 2. The first-order valence-corrected chi connectivity index (χ1v) is 7.61. The maximum Gasteiger partial charge on any atom is 0.261 e. The Balaban J connectivity index is 1.78. The average molecular weight is 306 g/mol. The highest BCUT2D eigenvalue weighted by atomic mass is 16.5. The number of benzene rings is 2. The summed E-state index contributed by atoms with van der Waals surface area (Å²) >= 11 is 0. The normalized spacial score (nSPS) is 10.5. The monoisotopic (exact) mass is 306 g/mol.